The Labute approximate surface area is 109 Å². The molecule has 0 unspecified atom stereocenters. The Balaban J connectivity index is 0.00000256. The van der Waals surface area contributed by atoms with Crippen LogP contribution in [0, 0.1) is 0 Å². The summed E-state index contributed by atoms with van der Waals surface area (Å²) < 4.78 is 5.12. The lowest BCUT2D eigenvalue weighted by atomic mass is 10.1. The van der Waals surface area contributed by atoms with Crippen molar-refractivity contribution in [1.29, 1.82) is 0 Å². The van der Waals surface area contributed by atoms with Gasteiger partial charge in [0.15, 0.2) is 0 Å². The van der Waals surface area contributed by atoms with Crippen molar-refractivity contribution < 1.29 is 9.53 Å². The minimum atomic E-state index is -0.223. The molecule has 0 spiro atoms. The van der Waals surface area contributed by atoms with Crippen molar-refractivity contribution in [3.63, 3.8) is 0 Å². The summed E-state index contributed by atoms with van der Waals surface area (Å²) in [4.78, 5) is 11.4. The van der Waals surface area contributed by atoms with E-state index in [-0.39, 0.29) is 30.5 Å². The smallest absolute Gasteiger partial charge is 0.320 e. The van der Waals surface area contributed by atoms with E-state index in [1.807, 2.05) is 51.1 Å². The van der Waals surface area contributed by atoms with E-state index >= 15 is 0 Å². The average Bonchev–Trinajstić information content (AvgIpc) is 2.24. The van der Waals surface area contributed by atoms with Gasteiger partial charge in [0.25, 0.3) is 0 Å². The Morgan fingerprint density at radius 2 is 1.82 bits per heavy atom. The van der Waals surface area contributed by atoms with Crippen molar-refractivity contribution >= 4 is 18.4 Å². The summed E-state index contributed by atoms with van der Waals surface area (Å²) >= 11 is 0. The number of halogens is 1. The van der Waals surface area contributed by atoms with Gasteiger partial charge in [-0.3, -0.25) is 4.79 Å². The molecule has 0 atom stereocenters. The second kappa shape index (κ2) is 7.30. The van der Waals surface area contributed by atoms with Crippen LogP contribution in [0.4, 0.5) is 0 Å². The summed E-state index contributed by atoms with van der Waals surface area (Å²) in [6.45, 7) is 6.62. The number of carbonyl (C=O) groups excluding carboxylic acids is 1. The number of rotatable bonds is 4. The average molecular weight is 258 g/mol. The molecule has 1 N–H and O–H groups in total. The fourth-order valence-corrected chi connectivity index (χ4v) is 1.13. The van der Waals surface area contributed by atoms with E-state index < -0.39 is 0 Å². The van der Waals surface area contributed by atoms with Crippen LogP contribution in [0.25, 0.3) is 0 Å². The molecule has 0 amide bonds. The van der Waals surface area contributed by atoms with E-state index in [9.17, 15) is 4.79 Å². The van der Waals surface area contributed by atoms with Crippen LogP contribution in [-0.2, 0) is 16.1 Å². The number of esters is 1. The predicted octanol–water partition coefficient (Wildman–Crippen LogP) is 2.54. The topological polar surface area (TPSA) is 38.3 Å². The maximum Gasteiger partial charge on any atom is 0.320 e. The third-order valence-electron chi connectivity index (χ3n) is 2.01. The van der Waals surface area contributed by atoms with E-state index in [0.29, 0.717) is 6.61 Å². The first kappa shape index (κ1) is 15.9. The molecule has 1 rings (SSSR count). The van der Waals surface area contributed by atoms with Gasteiger partial charge in [-0.05, 0) is 26.3 Å². The zero-order chi connectivity index (χ0) is 12.0. The van der Waals surface area contributed by atoms with Gasteiger partial charge in [0.1, 0.15) is 6.61 Å². The van der Waals surface area contributed by atoms with Crippen LogP contribution in [0.15, 0.2) is 30.3 Å². The second-order valence-electron chi connectivity index (χ2n) is 4.75. The minimum absolute atomic E-state index is 0. The van der Waals surface area contributed by atoms with Gasteiger partial charge in [0, 0.05) is 5.54 Å². The number of carbonyl (C=O) groups is 1. The van der Waals surface area contributed by atoms with E-state index in [1.54, 1.807) is 0 Å². The number of hydrogen-bond acceptors (Lipinski definition) is 3. The van der Waals surface area contributed by atoms with E-state index in [2.05, 4.69) is 5.32 Å². The van der Waals surface area contributed by atoms with Crippen LogP contribution in [0.3, 0.4) is 0 Å². The fraction of sp³-hybridized carbons (Fsp3) is 0.462. The Hall–Kier alpha value is -1.06. The first-order chi connectivity index (χ1) is 7.47. The highest BCUT2D eigenvalue weighted by Crippen LogP contribution is 2.01. The van der Waals surface area contributed by atoms with Crippen molar-refractivity contribution in [3.05, 3.63) is 35.9 Å². The summed E-state index contributed by atoms with van der Waals surface area (Å²) in [7, 11) is 0. The molecule has 0 aliphatic carbocycles. The molecular weight excluding hydrogens is 238 g/mol. The molecule has 0 saturated heterocycles. The quantitative estimate of drug-likeness (QED) is 0.843. The molecule has 0 heterocycles. The Bertz CT molecular complexity index is 333. The van der Waals surface area contributed by atoms with Crippen LogP contribution in [0.2, 0.25) is 0 Å². The number of hydrogen-bond donors (Lipinski definition) is 1. The Kier molecular flexibility index (Phi) is 6.85. The van der Waals surface area contributed by atoms with Crippen LogP contribution in [-0.4, -0.2) is 18.1 Å². The van der Waals surface area contributed by atoms with Crippen molar-refractivity contribution in [2.24, 2.45) is 0 Å². The van der Waals surface area contributed by atoms with Gasteiger partial charge in [0.2, 0.25) is 0 Å². The molecular formula is C13H20ClNO2. The van der Waals surface area contributed by atoms with Crippen molar-refractivity contribution in [2.75, 3.05) is 6.54 Å². The molecule has 0 bridgehead atoms. The summed E-state index contributed by atoms with van der Waals surface area (Å²) in [5, 5.41) is 3.08. The van der Waals surface area contributed by atoms with Crippen LogP contribution < -0.4 is 5.32 Å². The largest absolute Gasteiger partial charge is 0.460 e. The summed E-state index contributed by atoms with van der Waals surface area (Å²) in [6, 6.07) is 9.66. The van der Waals surface area contributed by atoms with Gasteiger partial charge in [-0.25, -0.2) is 0 Å². The normalized spacial score (nSPS) is 10.5. The summed E-state index contributed by atoms with van der Waals surface area (Å²) in [6.07, 6.45) is 0. The highest BCUT2D eigenvalue weighted by Gasteiger charge is 2.11. The van der Waals surface area contributed by atoms with Gasteiger partial charge in [-0.1, -0.05) is 30.3 Å². The number of ether oxygens (including phenoxy) is 1. The Morgan fingerprint density at radius 1 is 1.24 bits per heavy atom. The standard InChI is InChI=1S/C13H19NO2.ClH/c1-13(2,3)14-9-12(15)16-10-11-7-5-4-6-8-11;/h4-8,14H,9-10H2,1-3H3;1H. The van der Waals surface area contributed by atoms with E-state index in [4.69, 9.17) is 4.74 Å². The second-order valence-corrected chi connectivity index (χ2v) is 4.75. The molecule has 17 heavy (non-hydrogen) atoms. The van der Waals surface area contributed by atoms with Gasteiger partial charge in [0.05, 0.1) is 6.54 Å². The molecule has 96 valence electrons. The molecule has 3 nitrogen and oxygen atoms in total. The van der Waals surface area contributed by atoms with E-state index in [0.717, 1.165) is 5.56 Å². The minimum Gasteiger partial charge on any atom is -0.460 e. The maximum absolute atomic E-state index is 11.4. The molecule has 1 aromatic carbocycles. The summed E-state index contributed by atoms with van der Waals surface area (Å²) in [5.74, 6) is -0.223. The van der Waals surface area contributed by atoms with Crippen LogP contribution in [0.1, 0.15) is 26.3 Å². The monoisotopic (exact) mass is 257 g/mol. The molecule has 0 saturated carbocycles. The first-order valence-corrected chi connectivity index (χ1v) is 5.42. The molecule has 0 aliphatic rings. The molecule has 0 fully saturated rings. The molecule has 0 radical (unpaired) electrons. The Morgan fingerprint density at radius 3 is 2.35 bits per heavy atom. The van der Waals surface area contributed by atoms with Crippen molar-refractivity contribution in [1.82, 2.24) is 5.32 Å². The lowest BCUT2D eigenvalue weighted by molar-refractivity contribution is -0.144. The summed E-state index contributed by atoms with van der Waals surface area (Å²) in [5.41, 5.74) is 0.942. The van der Waals surface area contributed by atoms with Crippen LogP contribution in [0.5, 0.6) is 0 Å². The number of nitrogens with one attached hydrogen (secondary N) is 1. The zero-order valence-corrected chi connectivity index (χ0v) is 11.3. The van der Waals surface area contributed by atoms with Gasteiger partial charge in [-0.15, -0.1) is 12.4 Å². The van der Waals surface area contributed by atoms with Gasteiger partial charge in [-0.2, -0.15) is 0 Å². The third-order valence-corrected chi connectivity index (χ3v) is 2.01. The van der Waals surface area contributed by atoms with Gasteiger partial charge < -0.3 is 10.1 Å². The lowest BCUT2D eigenvalue weighted by Gasteiger charge is -2.19. The first-order valence-electron chi connectivity index (χ1n) is 5.42. The predicted molar refractivity (Wildman–Crippen MR) is 71.2 cm³/mol. The SMILES string of the molecule is CC(C)(C)NCC(=O)OCc1ccccc1.Cl. The van der Waals surface area contributed by atoms with Gasteiger partial charge >= 0.3 is 5.97 Å². The van der Waals surface area contributed by atoms with E-state index in [1.165, 1.54) is 0 Å². The maximum atomic E-state index is 11.4. The van der Waals surface area contributed by atoms with Crippen LogP contribution >= 0.6 is 12.4 Å². The van der Waals surface area contributed by atoms with Crippen molar-refractivity contribution in [2.45, 2.75) is 32.9 Å². The number of benzene rings is 1. The molecule has 0 aromatic heterocycles. The highest BCUT2D eigenvalue weighted by atomic mass is 35.5. The molecule has 1 aromatic rings. The molecule has 4 heteroatoms. The molecule has 0 aliphatic heterocycles. The fourth-order valence-electron chi connectivity index (χ4n) is 1.13. The third kappa shape index (κ3) is 7.77. The zero-order valence-electron chi connectivity index (χ0n) is 10.5. The highest BCUT2D eigenvalue weighted by molar-refractivity contribution is 5.85. The lowest BCUT2D eigenvalue weighted by Crippen LogP contribution is -2.39. The van der Waals surface area contributed by atoms with Crippen molar-refractivity contribution in [3.8, 4) is 0 Å².